The molecule has 22 heavy (non-hydrogen) atoms. The number of rotatable bonds is 3. The van der Waals surface area contributed by atoms with Gasteiger partial charge in [0, 0.05) is 5.56 Å². The molecule has 4 saturated carbocycles. The molecule has 114 valence electrons. The highest BCUT2D eigenvalue weighted by Crippen LogP contribution is 2.57. The molecule has 4 aliphatic rings. The molecule has 2 heteroatoms. The quantitative estimate of drug-likeness (QED) is 0.606. The van der Waals surface area contributed by atoms with Gasteiger partial charge in [-0.1, -0.05) is 30.3 Å². The van der Waals surface area contributed by atoms with Crippen molar-refractivity contribution >= 4 is 11.7 Å². The van der Waals surface area contributed by atoms with Gasteiger partial charge in [-0.3, -0.25) is 4.99 Å². The lowest BCUT2D eigenvalue weighted by molar-refractivity contribution is 0.00174. The Labute approximate surface area is 132 Å². The van der Waals surface area contributed by atoms with Gasteiger partial charge >= 0.3 is 0 Å². The first-order chi connectivity index (χ1) is 10.7. The van der Waals surface area contributed by atoms with Crippen molar-refractivity contribution < 1.29 is 4.79 Å². The summed E-state index contributed by atoms with van der Waals surface area (Å²) in [4.78, 5) is 16.5. The second kappa shape index (κ2) is 5.21. The molecule has 1 aromatic rings. The maximum absolute atomic E-state index is 11.3. The van der Waals surface area contributed by atoms with Crippen molar-refractivity contribution in [3.63, 3.8) is 0 Å². The van der Waals surface area contributed by atoms with Crippen molar-refractivity contribution in [3.8, 4) is 0 Å². The zero-order chi connectivity index (χ0) is 15.2. The van der Waals surface area contributed by atoms with E-state index in [4.69, 9.17) is 4.99 Å². The van der Waals surface area contributed by atoms with E-state index in [1.807, 2.05) is 25.1 Å². The minimum Gasteiger partial charge on any atom is -0.277 e. The van der Waals surface area contributed by atoms with Crippen molar-refractivity contribution in [2.75, 3.05) is 0 Å². The van der Waals surface area contributed by atoms with E-state index in [1.54, 1.807) is 0 Å². The lowest BCUT2D eigenvalue weighted by Gasteiger charge is -2.55. The van der Waals surface area contributed by atoms with Gasteiger partial charge in [0.1, 0.15) is 5.94 Å². The zero-order valence-corrected chi connectivity index (χ0v) is 13.2. The first kappa shape index (κ1) is 14.0. The van der Waals surface area contributed by atoms with Gasteiger partial charge in [0.05, 0.1) is 16.8 Å². The fourth-order valence-electron chi connectivity index (χ4n) is 5.45. The van der Waals surface area contributed by atoms with Gasteiger partial charge in [-0.05, 0) is 63.2 Å². The summed E-state index contributed by atoms with van der Waals surface area (Å²) in [5.74, 6) is 4.69. The van der Waals surface area contributed by atoms with Crippen LogP contribution in [0.1, 0.15) is 51.0 Å². The molecular formula is C20H23NO. The molecule has 0 N–H and O–H groups in total. The van der Waals surface area contributed by atoms with Gasteiger partial charge in [-0.25, -0.2) is 4.79 Å². The Morgan fingerprint density at radius 2 is 1.59 bits per heavy atom. The average molecular weight is 293 g/mol. The molecular weight excluding hydrogens is 270 g/mol. The molecule has 0 spiro atoms. The SMILES string of the molecule is CC(=C=O)C(=NC12CC3CC(CC(C3)C1)C2)c1ccccc1. The molecule has 0 aliphatic heterocycles. The van der Waals surface area contributed by atoms with Crippen LogP contribution in [0.4, 0.5) is 0 Å². The van der Waals surface area contributed by atoms with Crippen LogP contribution in [0.2, 0.25) is 0 Å². The first-order valence-electron chi connectivity index (χ1n) is 8.55. The smallest absolute Gasteiger partial charge is 0.129 e. The second-order valence-electron chi connectivity index (χ2n) is 7.70. The van der Waals surface area contributed by atoms with Crippen LogP contribution in [-0.2, 0) is 4.79 Å². The van der Waals surface area contributed by atoms with Crippen LogP contribution in [0.5, 0.6) is 0 Å². The fourth-order valence-corrected chi connectivity index (χ4v) is 5.45. The Bertz CT molecular complexity index is 616. The third-order valence-corrected chi connectivity index (χ3v) is 5.91. The molecule has 4 bridgehead atoms. The van der Waals surface area contributed by atoms with Gasteiger partial charge in [0.2, 0.25) is 0 Å². The lowest BCUT2D eigenvalue weighted by atomic mass is 9.53. The van der Waals surface area contributed by atoms with Crippen LogP contribution < -0.4 is 0 Å². The Balaban J connectivity index is 1.76. The maximum atomic E-state index is 11.3. The van der Waals surface area contributed by atoms with E-state index >= 15 is 0 Å². The predicted molar refractivity (Wildman–Crippen MR) is 88.8 cm³/mol. The van der Waals surface area contributed by atoms with Crippen LogP contribution in [0.3, 0.4) is 0 Å². The Morgan fingerprint density at radius 1 is 1.05 bits per heavy atom. The van der Waals surface area contributed by atoms with Gasteiger partial charge in [0.15, 0.2) is 0 Å². The average Bonchev–Trinajstić information content (AvgIpc) is 2.51. The predicted octanol–water partition coefficient (Wildman–Crippen LogP) is 4.22. The molecule has 0 radical (unpaired) electrons. The number of carbonyl (C=O) groups excluding carboxylic acids is 1. The summed E-state index contributed by atoms with van der Waals surface area (Å²) in [6.07, 6.45) is 7.91. The summed E-state index contributed by atoms with van der Waals surface area (Å²) >= 11 is 0. The fraction of sp³-hybridized carbons (Fsp3) is 0.550. The largest absolute Gasteiger partial charge is 0.277 e. The normalized spacial score (nSPS) is 36.2. The number of hydrogen-bond acceptors (Lipinski definition) is 2. The summed E-state index contributed by atoms with van der Waals surface area (Å²) in [6, 6.07) is 10.2. The molecule has 4 aliphatic carbocycles. The Hall–Kier alpha value is -1.66. The molecule has 0 atom stereocenters. The van der Waals surface area contributed by atoms with E-state index in [0.29, 0.717) is 5.57 Å². The molecule has 0 unspecified atom stereocenters. The van der Waals surface area contributed by atoms with E-state index in [-0.39, 0.29) is 5.54 Å². The van der Waals surface area contributed by atoms with Crippen LogP contribution >= 0.6 is 0 Å². The summed E-state index contributed by atoms with van der Waals surface area (Å²) in [6.45, 7) is 1.85. The van der Waals surface area contributed by atoms with Gasteiger partial charge < -0.3 is 0 Å². The highest BCUT2D eigenvalue weighted by Gasteiger charge is 2.51. The van der Waals surface area contributed by atoms with Crippen LogP contribution in [-0.4, -0.2) is 17.2 Å². The summed E-state index contributed by atoms with van der Waals surface area (Å²) in [5, 5.41) is 0. The molecule has 0 amide bonds. The van der Waals surface area contributed by atoms with Gasteiger partial charge in [-0.2, -0.15) is 0 Å². The standard InChI is InChI=1S/C20H23NO/c1-14(13-22)19(18-5-3-2-4-6-18)21-20-10-15-7-16(11-20)9-17(8-15)12-20/h2-6,15-17H,7-12H2,1H3. The van der Waals surface area contributed by atoms with Crippen molar-refractivity contribution in [2.24, 2.45) is 22.7 Å². The molecule has 4 fully saturated rings. The molecule has 2 nitrogen and oxygen atoms in total. The van der Waals surface area contributed by atoms with Gasteiger partial charge in [0.25, 0.3) is 0 Å². The highest BCUT2D eigenvalue weighted by molar-refractivity contribution is 6.16. The van der Waals surface area contributed by atoms with Crippen LogP contribution in [0, 0.1) is 17.8 Å². The van der Waals surface area contributed by atoms with E-state index < -0.39 is 0 Å². The Kier molecular flexibility index (Phi) is 3.31. The van der Waals surface area contributed by atoms with E-state index in [1.165, 1.54) is 38.5 Å². The first-order valence-corrected chi connectivity index (χ1v) is 8.55. The zero-order valence-electron chi connectivity index (χ0n) is 13.2. The molecule has 0 heterocycles. The monoisotopic (exact) mass is 293 g/mol. The van der Waals surface area contributed by atoms with E-state index in [9.17, 15) is 4.79 Å². The summed E-state index contributed by atoms with van der Waals surface area (Å²) < 4.78 is 0. The maximum Gasteiger partial charge on any atom is 0.129 e. The summed E-state index contributed by atoms with van der Waals surface area (Å²) in [7, 11) is 0. The van der Waals surface area contributed by atoms with E-state index in [2.05, 4.69) is 18.1 Å². The van der Waals surface area contributed by atoms with Crippen LogP contribution in [0.15, 0.2) is 40.9 Å². The third kappa shape index (κ3) is 2.36. The van der Waals surface area contributed by atoms with Crippen molar-refractivity contribution in [2.45, 2.75) is 51.0 Å². The molecule has 0 saturated heterocycles. The number of nitrogens with zero attached hydrogens (tertiary/aromatic N) is 1. The Morgan fingerprint density at radius 3 is 2.09 bits per heavy atom. The minimum absolute atomic E-state index is 0.0953. The number of benzene rings is 1. The topological polar surface area (TPSA) is 29.4 Å². The second-order valence-corrected chi connectivity index (χ2v) is 7.70. The third-order valence-electron chi connectivity index (χ3n) is 5.91. The van der Waals surface area contributed by atoms with Crippen LogP contribution in [0.25, 0.3) is 0 Å². The van der Waals surface area contributed by atoms with Crippen molar-refractivity contribution in [3.05, 3.63) is 41.5 Å². The van der Waals surface area contributed by atoms with Crippen molar-refractivity contribution in [1.82, 2.24) is 0 Å². The molecule has 0 aromatic heterocycles. The van der Waals surface area contributed by atoms with E-state index in [0.717, 1.165) is 29.0 Å². The lowest BCUT2D eigenvalue weighted by Crippen LogP contribution is -2.49. The minimum atomic E-state index is 0.0953. The van der Waals surface area contributed by atoms with Crippen molar-refractivity contribution in [1.29, 1.82) is 0 Å². The number of hydrogen-bond donors (Lipinski definition) is 0. The molecule has 1 aromatic carbocycles. The molecule has 5 rings (SSSR count). The number of aliphatic imine (C=N–C) groups is 1. The number of allylic oxidation sites excluding steroid dienone is 1. The van der Waals surface area contributed by atoms with Gasteiger partial charge in [-0.15, -0.1) is 0 Å². The highest BCUT2D eigenvalue weighted by atomic mass is 16.1. The summed E-state index contributed by atoms with van der Waals surface area (Å²) in [5.41, 5.74) is 2.66.